The normalized spacial score (nSPS) is 13.1. The number of aromatic amines is 1. The molecular weight excluding hydrogens is 300 g/mol. The molecule has 0 amide bonds. The molecule has 0 aliphatic heterocycles. The molecule has 20 heavy (non-hydrogen) atoms. The summed E-state index contributed by atoms with van der Waals surface area (Å²) in [6, 6.07) is 5.36. The highest BCUT2D eigenvalue weighted by Gasteiger charge is 2.20. The minimum absolute atomic E-state index is 0.104. The molecule has 2 rings (SSSR count). The first-order valence-corrected chi connectivity index (χ1v) is 7.45. The van der Waals surface area contributed by atoms with Crippen molar-refractivity contribution in [2.45, 2.75) is 17.9 Å². The largest absolute Gasteiger partial charge is 0.389 e. The van der Waals surface area contributed by atoms with Crippen LogP contribution in [0, 0.1) is 0 Å². The van der Waals surface area contributed by atoms with E-state index in [-0.39, 0.29) is 15.7 Å². The molecule has 106 valence electrons. The lowest BCUT2D eigenvalue weighted by Gasteiger charge is -2.11. The Morgan fingerprint density at radius 3 is 2.55 bits per heavy atom. The summed E-state index contributed by atoms with van der Waals surface area (Å²) >= 11 is 4.81. The molecule has 1 aromatic carbocycles. The van der Waals surface area contributed by atoms with E-state index in [4.69, 9.17) is 18.0 Å². The van der Waals surface area contributed by atoms with Gasteiger partial charge < -0.3 is 5.73 Å². The van der Waals surface area contributed by atoms with Crippen LogP contribution in [0.5, 0.6) is 0 Å². The third kappa shape index (κ3) is 3.15. The molecule has 1 aromatic heterocycles. The fourth-order valence-electron chi connectivity index (χ4n) is 1.50. The van der Waals surface area contributed by atoms with Gasteiger partial charge >= 0.3 is 0 Å². The maximum absolute atomic E-state index is 12.2. The van der Waals surface area contributed by atoms with Crippen LogP contribution in [0.2, 0.25) is 0 Å². The molecule has 0 radical (unpaired) electrons. The third-order valence-corrected chi connectivity index (χ3v) is 4.32. The fourth-order valence-corrected chi connectivity index (χ4v) is 2.84. The van der Waals surface area contributed by atoms with Crippen LogP contribution in [-0.4, -0.2) is 34.0 Å². The Balaban J connectivity index is 2.20. The van der Waals surface area contributed by atoms with E-state index in [9.17, 15) is 8.42 Å². The number of rotatable bonds is 5. The van der Waals surface area contributed by atoms with Gasteiger partial charge in [0, 0.05) is 5.56 Å². The second kappa shape index (κ2) is 5.61. The standard InChI is InChI=1S/C10H12N6O2S2/c1-6(10-12-15-16-13-10)14-20(17,18)8-4-2-7(3-5-8)9(11)19/h2-6,14H,1H3,(H2,11,19)(H,12,13,15,16). The molecule has 8 nitrogen and oxygen atoms in total. The summed E-state index contributed by atoms with van der Waals surface area (Å²) in [7, 11) is -3.68. The highest BCUT2D eigenvalue weighted by Crippen LogP contribution is 2.14. The zero-order chi connectivity index (χ0) is 14.8. The number of benzene rings is 1. The number of nitrogens with two attached hydrogens (primary N) is 1. The number of hydrogen-bond acceptors (Lipinski definition) is 6. The van der Waals surface area contributed by atoms with Gasteiger partial charge in [0.05, 0.1) is 10.9 Å². The molecule has 0 saturated carbocycles. The van der Waals surface area contributed by atoms with Gasteiger partial charge in [-0.1, -0.05) is 29.6 Å². The molecule has 0 spiro atoms. The summed E-state index contributed by atoms with van der Waals surface area (Å²) in [5.74, 6) is 0.258. The van der Waals surface area contributed by atoms with Crippen LogP contribution < -0.4 is 10.5 Å². The molecule has 4 N–H and O–H groups in total. The molecule has 0 saturated heterocycles. The van der Waals surface area contributed by atoms with Crippen LogP contribution in [0.1, 0.15) is 24.4 Å². The fraction of sp³-hybridized carbons (Fsp3) is 0.200. The van der Waals surface area contributed by atoms with Crippen molar-refractivity contribution < 1.29 is 8.42 Å². The Morgan fingerprint density at radius 2 is 2.05 bits per heavy atom. The molecule has 1 atom stereocenters. The number of sulfonamides is 1. The quantitative estimate of drug-likeness (QED) is 0.656. The number of nitrogens with one attached hydrogen (secondary N) is 2. The van der Waals surface area contributed by atoms with Gasteiger partial charge in [-0.2, -0.15) is 5.21 Å². The first-order valence-electron chi connectivity index (χ1n) is 5.55. The van der Waals surface area contributed by atoms with Crippen molar-refractivity contribution in [3.05, 3.63) is 35.7 Å². The van der Waals surface area contributed by atoms with Gasteiger partial charge in [0.1, 0.15) is 4.99 Å². The van der Waals surface area contributed by atoms with Gasteiger partial charge in [-0.15, -0.1) is 10.2 Å². The van der Waals surface area contributed by atoms with E-state index in [2.05, 4.69) is 25.3 Å². The summed E-state index contributed by atoms with van der Waals surface area (Å²) in [4.78, 5) is 0.315. The van der Waals surface area contributed by atoms with Crippen LogP contribution in [0.15, 0.2) is 29.2 Å². The summed E-state index contributed by atoms with van der Waals surface area (Å²) in [6.45, 7) is 1.62. The van der Waals surface area contributed by atoms with Crippen molar-refractivity contribution in [2.24, 2.45) is 5.73 Å². The Labute approximate surface area is 120 Å². The number of hydrogen-bond donors (Lipinski definition) is 3. The minimum Gasteiger partial charge on any atom is -0.389 e. The van der Waals surface area contributed by atoms with Crippen molar-refractivity contribution in [1.29, 1.82) is 0 Å². The van der Waals surface area contributed by atoms with Crippen molar-refractivity contribution in [1.82, 2.24) is 25.3 Å². The van der Waals surface area contributed by atoms with Crippen LogP contribution in [0.25, 0.3) is 0 Å². The monoisotopic (exact) mass is 312 g/mol. The van der Waals surface area contributed by atoms with Gasteiger partial charge in [-0.25, -0.2) is 13.1 Å². The maximum Gasteiger partial charge on any atom is 0.241 e. The van der Waals surface area contributed by atoms with E-state index in [1.54, 1.807) is 19.1 Å². The predicted molar refractivity (Wildman–Crippen MR) is 75.2 cm³/mol. The molecule has 0 aliphatic rings. The van der Waals surface area contributed by atoms with Crippen molar-refractivity contribution in [3.63, 3.8) is 0 Å². The van der Waals surface area contributed by atoms with Gasteiger partial charge in [0.25, 0.3) is 0 Å². The van der Waals surface area contributed by atoms with Crippen molar-refractivity contribution in [3.8, 4) is 0 Å². The molecule has 10 heteroatoms. The lowest BCUT2D eigenvalue weighted by atomic mass is 10.2. The number of H-pyrrole nitrogens is 1. The highest BCUT2D eigenvalue weighted by molar-refractivity contribution is 7.89. The van der Waals surface area contributed by atoms with Crippen LogP contribution in [-0.2, 0) is 10.0 Å². The average molecular weight is 312 g/mol. The van der Waals surface area contributed by atoms with Crippen molar-refractivity contribution in [2.75, 3.05) is 0 Å². The molecule has 2 aromatic rings. The topological polar surface area (TPSA) is 127 Å². The molecular formula is C10H12N6O2S2. The van der Waals surface area contributed by atoms with Crippen LogP contribution in [0.4, 0.5) is 0 Å². The molecule has 0 fully saturated rings. The minimum atomic E-state index is -3.68. The lowest BCUT2D eigenvalue weighted by molar-refractivity contribution is 0.560. The average Bonchev–Trinajstić information content (AvgIpc) is 2.92. The van der Waals surface area contributed by atoms with E-state index in [1.807, 2.05) is 0 Å². The Morgan fingerprint density at radius 1 is 1.40 bits per heavy atom. The Hall–Kier alpha value is -1.91. The molecule has 0 aliphatic carbocycles. The molecule has 1 unspecified atom stereocenters. The van der Waals surface area contributed by atoms with E-state index in [1.165, 1.54) is 12.1 Å². The maximum atomic E-state index is 12.2. The van der Waals surface area contributed by atoms with Gasteiger partial charge in [0.2, 0.25) is 10.0 Å². The predicted octanol–water partition coefficient (Wildman–Crippen LogP) is -0.127. The van der Waals surface area contributed by atoms with E-state index >= 15 is 0 Å². The van der Waals surface area contributed by atoms with E-state index < -0.39 is 16.1 Å². The second-order valence-corrected chi connectivity index (χ2v) is 6.16. The zero-order valence-corrected chi connectivity index (χ0v) is 12.1. The first kappa shape index (κ1) is 14.5. The summed E-state index contributed by atoms with van der Waals surface area (Å²) in [5, 5.41) is 13.1. The Kier molecular flexibility index (Phi) is 4.06. The summed E-state index contributed by atoms with van der Waals surface area (Å²) in [6.07, 6.45) is 0. The first-order chi connectivity index (χ1) is 9.40. The van der Waals surface area contributed by atoms with Gasteiger partial charge in [-0.05, 0) is 19.1 Å². The number of tetrazole rings is 1. The Bertz CT molecular complexity index is 696. The smallest absolute Gasteiger partial charge is 0.241 e. The van der Waals surface area contributed by atoms with Crippen molar-refractivity contribution >= 4 is 27.2 Å². The third-order valence-electron chi connectivity index (χ3n) is 2.53. The van der Waals surface area contributed by atoms with Crippen LogP contribution >= 0.6 is 12.2 Å². The van der Waals surface area contributed by atoms with E-state index in [0.29, 0.717) is 5.56 Å². The highest BCUT2D eigenvalue weighted by atomic mass is 32.2. The van der Waals surface area contributed by atoms with Gasteiger partial charge in [-0.3, -0.25) is 0 Å². The van der Waals surface area contributed by atoms with Crippen LogP contribution in [0.3, 0.4) is 0 Å². The number of aromatic nitrogens is 4. The van der Waals surface area contributed by atoms with E-state index in [0.717, 1.165) is 0 Å². The SMILES string of the molecule is CC(NS(=O)(=O)c1ccc(C(N)=S)cc1)c1nn[nH]n1. The number of nitrogens with zero attached hydrogens (tertiary/aromatic N) is 3. The van der Waals surface area contributed by atoms with Gasteiger partial charge in [0.15, 0.2) is 5.82 Å². The molecule has 1 heterocycles. The number of thiocarbonyl (C=S) groups is 1. The molecule has 0 bridgehead atoms. The summed E-state index contributed by atoms with van der Waals surface area (Å²) in [5.41, 5.74) is 6.06. The second-order valence-electron chi connectivity index (χ2n) is 4.00. The summed E-state index contributed by atoms with van der Waals surface area (Å²) < 4.78 is 26.8. The lowest BCUT2D eigenvalue weighted by Crippen LogP contribution is -2.27. The zero-order valence-electron chi connectivity index (χ0n) is 10.4.